The maximum atomic E-state index is 12.6. The minimum Gasteiger partial charge on any atom is -0.361 e. The Labute approximate surface area is 170 Å². The van der Waals surface area contributed by atoms with Crippen LogP contribution in [0.15, 0.2) is 10.7 Å². The Morgan fingerprint density at radius 2 is 2.03 bits per heavy atom. The molecule has 0 aromatic carbocycles. The van der Waals surface area contributed by atoms with E-state index in [4.69, 9.17) is 19.2 Å². The van der Waals surface area contributed by atoms with Gasteiger partial charge in [-0.15, -0.1) is 0 Å². The highest BCUT2D eigenvalue weighted by atomic mass is 16.5. The van der Waals surface area contributed by atoms with Gasteiger partial charge in [-0.1, -0.05) is 24.4 Å². The van der Waals surface area contributed by atoms with Crippen LogP contribution in [0.2, 0.25) is 0 Å². The summed E-state index contributed by atoms with van der Waals surface area (Å²) in [7, 11) is 0. The van der Waals surface area contributed by atoms with Gasteiger partial charge >= 0.3 is 0 Å². The summed E-state index contributed by atoms with van der Waals surface area (Å²) in [6.45, 7) is 5.51. The van der Waals surface area contributed by atoms with Crippen LogP contribution >= 0.6 is 0 Å². The summed E-state index contributed by atoms with van der Waals surface area (Å²) >= 11 is 0. The standard InChI is InChI=1S/C22H28N4O3/c1-14-17(15(2)29-25-14)8-9-20(27)26-12-22(13-26)18-10-23-21(24-19(18)11-28-22)16-6-4-3-5-7-16/h10,16H,3-9,11-13H2,1-2H3. The molecule has 5 rings (SSSR count). The highest BCUT2D eigenvalue weighted by Gasteiger charge is 2.52. The molecular weight excluding hydrogens is 368 g/mol. The number of amides is 1. The fraction of sp³-hybridized carbons (Fsp3) is 0.636. The van der Waals surface area contributed by atoms with Crippen molar-refractivity contribution in [2.24, 2.45) is 0 Å². The highest BCUT2D eigenvalue weighted by molar-refractivity contribution is 5.78. The first-order chi connectivity index (χ1) is 14.1. The predicted molar refractivity (Wildman–Crippen MR) is 105 cm³/mol. The van der Waals surface area contributed by atoms with E-state index in [2.05, 4.69) is 5.16 Å². The van der Waals surface area contributed by atoms with Crippen molar-refractivity contribution in [3.8, 4) is 0 Å². The lowest BCUT2D eigenvalue weighted by molar-refractivity contribution is -0.168. The fourth-order valence-electron chi connectivity index (χ4n) is 5.02. The normalized spacial score (nSPS) is 20.7. The van der Waals surface area contributed by atoms with Crippen LogP contribution in [0.1, 0.15) is 78.5 Å². The second-order valence-corrected chi connectivity index (χ2v) is 8.76. The highest BCUT2D eigenvalue weighted by Crippen LogP contribution is 2.43. The molecule has 4 heterocycles. The van der Waals surface area contributed by atoms with Gasteiger partial charge in [0.1, 0.15) is 17.2 Å². The van der Waals surface area contributed by atoms with Gasteiger partial charge < -0.3 is 14.2 Å². The average molecular weight is 396 g/mol. The molecule has 0 bridgehead atoms. The lowest BCUT2D eigenvalue weighted by Gasteiger charge is -2.47. The number of hydrogen-bond acceptors (Lipinski definition) is 6. The summed E-state index contributed by atoms with van der Waals surface area (Å²) in [5.41, 5.74) is 3.60. The number of carbonyl (C=O) groups is 1. The Kier molecular flexibility index (Phi) is 4.65. The van der Waals surface area contributed by atoms with Crippen molar-refractivity contribution >= 4 is 5.91 Å². The number of ether oxygens (including phenoxy) is 1. The third kappa shape index (κ3) is 3.25. The van der Waals surface area contributed by atoms with Crippen LogP contribution in [0, 0.1) is 13.8 Å². The summed E-state index contributed by atoms with van der Waals surface area (Å²) in [5.74, 6) is 2.42. The van der Waals surface area contributed by atoms with Crippen LogP contribution in [0.25, 0.3) is 0 Å². The van der Waals surface area contributed by atoms with E-state index in [1.807, 2.05) is 24.9 Å². The minimum atomic E-state index is -0.404. The largest absolute Gasteiger partial charge is 0.361 e. The molecule has 1 aliphatic carbocycles. The molecule has 0 unspecified atom stereocenters. The second kappa shape index (κ2) is 7.20. The van der Waals surface area contributed by atoms with E-state index in [-0.39, 0.29) is 5.91 Å². The van der Waals surface area contributed by atoms with Gasteiger partial charge in [0.15, 0.2) is 0 Å². The van der Waals surface area contributed by atoms with Crippen LogP contribution in [0.3, 0.4) is 0 Å². The molecule has 1 amide bonds. The molecule has 7 nitrogen and oxygen atoms in total. The van der Waals surface area contributed by atoms with E-state index in [1.165, 1.54) is 32.1 Å². The molecule has 1 saturated carbocycles. The van der Waals surface area contributed by atoms with Gasteiger partial charge in [-0.05, 0) is 33.1 Å². The zero-order valence-corrected chi connectivity index (χ0v) is 17.2. The van der Waals surface area contributed by atoms with Crippen molar-refractivity contribution in [3.05, 3.63) is 40.3 Å². The number of hydrogen-bond donors (Lipinski definition) is 0. The Morgan fingerprint density at radius 3 is 2.76 bits per heavy atom. The van der Waals surface area contributed by atoms with E-state index in [0.29, 0.717) is 38.5 Å². The van der Waals surface area contributed by atoms with E-state index in [1.54, 1.807) is 0 Å². The predicted octanol–water partition coefficient (Wildman–Crippen LogP) is 3.33. The molecule has 0 N–H and O–H groups in total. The molecule has 7 heteroatoms. The van der Waals surface area contributed by atoms with E-state index < -0.39 is 5.60 Å². The number of rotatable bonds is 4. The minimum absolute atomic E-state index is 0.146. The van der Waals surface area contributed by atoms with Crippen molar-refractivity contribution in [3.63, 3.8) is 0 Å². The first-order valence-electron chi connectivity index (χ1n) is 10.8. The number of nitrogens with zero attached hydrogens (tertiary/aromatic N) is 4. The molecule has 2 aliphatic heterocycles. The van der Waals surface area contributed by atoms with Crippen molar-refractivity contribution in [2.75, 3.05) is 13.1 Å². The summed E-state index contributed by atoms with van der Waals surface area (Å²) in [6, 6.07) is 0. The smallest absolute Gasteiger partial charge is 0.223 e. The van der Waals surface area contributed by atoms with Crippen molar-refractivity contribution in [1.82, 2.24) is 20.0 Å². The molecule has 3 aliphatic rings. The number of aromatic nitrogens is 3. The monoisotopic (exact) mass is 396 g/mol. The van der Waals surface area contributed by atoms with Crippen molar-refractivity contribution in [2.45, 2.75) is 76.9 Å². The molecular formula is C22H28N4O3. The summed E-state index contributed by atoms with van der Waals surface area (Å²) < 4.78 is 11.3. The average Bonchev–Trinajstić information content (AvgIpc) is 3.25. The van der Waals surface area contributed by atoms with E-state index in [0.717, 1.165) is 34.1 Å². The molecule has 1 spiro atoms. The van der Waals surface area contributed by atoms with Crippen molar-refractivity contribution < 1.29 is 14.1 Å². The number of likely N-dealkylation sites (tertiary alicyclic amines) is 1. The molecule has 0 radical (unpaired) electrons. The Morgan fingerprint density at radius 1 is 1.24 bits per heavy atom. The zero-order valence-electron chi connectivity index (χ0n) is 17.2. The Balaban J connectivity index is 1.22. The first-order valence-corrected chi connectivity index (χ1v) is 10.8. The number of carbonyl (C=O) groups excluding carboxylic acids is 1. The lowest BCUT2D eigenvalue weighted by Crippen LogP contribution is -2.61. The summed E-state index contributed by atoms with van der Waals surface area (Å²) in [5, 5.41) is 3.96. The topological polar surface area (TPSA) is 81.4 Å². The second-order valence-electron chi connectivity index (χ2n) is 8.76. The first kappa shape index (κ1) is 18.7. The zero-order chi connectivity index (χ0) is 20.0. The van der Waals surface area contributed by atoms with Gasteiger partial charge in [0.05, 0.1) is 31.1 Å². The van der Waals surface area contributed by atoms with Gasteiger partial charge in [0.2, 0.25) is 5.91 Å². The SMILES string of the molecule is Cc1noc(C)c1CCC(=O)N1CC2(C1)OCc1nc(C3CCCCC3)ncc12. The molecule has 0 atom stereocenters. The fourth-order valence-corrected chi connectivity index (χ4v) is 5.02. The third-order valence-corrected chi connectivity index (χ3v) is 6.85. The van der Waals surface area contributed by atoms with Gasteiger partial charge in [-0.2, -0.15) is 0 Å². The van der Waals surface area contributed by atoms with Crippen molar-refractivity contribution in [1.29, 1.82) is 0 Å². The molecule has 154 valence electrons. The number of fused-ring (bicyclic) bond motifs is 2. The van der Waals surface area contributed by atoms with Crippen LogP contribution < -0.4 is 0 Å². The van der Waals surface area contributed by atoms with Gasteiger partial charge in [-0.3, -0.25) is 4.79 Å². The summed E-state index contributed by atoms with van der Waals surface area (Å²) in [6.07, 6.45) is 9.35. The third-order valence-electron chi connectivity index (χ3n) is 6.85. The molecule has 2 aromatic heterocycles. The lowest BCUT2D eigenvalue weighted by atomic mass is 9.86. The van der Waals surface area contributed by atoms with Gasteiger partial charge in [0, 0.05) is 29.7 Å². The molecule has 29 heavy (non-hydrogen) atoms. The maximum Gasteiger partial charge on any atom is 0.223 e. The van der Waals surface area contributed by atoms with Crippen LogP contribution in [0.5, 0.6) is 0 Å². The molecule has 2 fully saturated rings. The molecule has 2 aromatic rings. The molecule has 1 saturated heterocycles. The van der Waals surface area contributed by atoms with Gasteiger partial charge in [-0.25, -0.2) is 9.97 Å². The Bertz CT molecular complexity index is 907. The quantitative estimate of drug-likeness (QED) is 0.788. The van der Waals surface area contributed by atoms with Crippen LogP contribution in [-0.4, -0.2) is 39.0 Å². The van der Waals surface area contributed by atoms with E-state index >= 15 is 0 Å². The number of aryl methyl sites for hydroxylation is 2. The van der Waals surface area contributed by atoms with Crippen LogP contribution in [0.4, 0.5) is 0 Å². The summed E-state index contributed by atoms with van der Waals surface area (Å²) in [4.78, 5) is 24.1. The maximum absolute atomic E-state index is 12.6. The van der Waals surface area contributed by atoms with Gasteiger partial charge in [0.25, 0.3) is 0 Å². The van der Waals surface area contributed by atoms with E-state index in [9.17, 15) is 4.79 Å². The Hall–Kier alpha value is -2.28. The van der Waals surface area contributed by atoms with Crippen LogP contribution in [-0.2, 0) is 28.2 Å².